The van der Waals surface area contributed by atoms with Crippen LogP contribution in [0.25, 0.3) is 0 Å². The normalized spacial score (nSPS) is 12.5. The summed E-state index contributed by atoms with van der Waals surface area (Å²) in [5.74, 6) is 0.390. The van der Waals surface area contributed by atoms with Crippen LogP contribution in [-0.2, 0) is 9.53 Å². The Labute approximate surface area is 80.8 Å². The van der Waals surface area contributed by atoms with E-state index in [0.29, 0.717) is 25.5 Å². The number of hydrogen-bond acceptors (Lipinski definition) is 3. The molecule has 0 aromatic carbocycles. The van der Waals surface area contributed by atoms with Gasteiger partial charge in [-0.05, 0) is 19.4 Å². The molecule has 0 aromatic heterocycles. The molecule has 0 aromatic rings. The zero-order chi connectivity index (χ0) is 10.1. The lowest BCUT2D eigenvalue weighted by Gasteiger charge is -2.10. The van der Waals surface area contributed by atoms with Crippen molar-refractivity contribution in [2.24, 2.45) is 5.92 Å². The second-order valence-electron chi connectivity index (χ2n) is 3.43. The number of esters is 1. The lowest BCUT2D eigenvalue weighted by Crippen LogP contribution is -2.17. The van der Waals surface area contributed by atoms with E-state index >= 15 is 0 Å². The Morgan fingerprint density at radius 1 is 1.54 bits per heavy atom. The van der Waals surface area contributed by atoms with Crippen LogP contribution in [0.5, 0.6) is 0 Å². The van der Waals surface area contributed by atoms with Crippen LogP contribution >= 0.6 is 0 Å². The topological polar surface area (TPSA) is 38.3 Å². The van der Waals surface area contributed by atoms with E-state index in [4.69, 9.17) is 4.74 Å². The van der Waals surface area contributed by atoms with E-state index in [1.54, 1.807) is 0 Å². The number of rotatable bonds is 7. The van der Waals surface area contributed by atoms with Crippen molar-refractivity contribution < 1.29 is 9.53 Å². The van der Waals surface area contributed by atoms with E-state index in [2.05, 4.69) is 19.2 Å². The van der Waals surface area contributed by atoms with Crippen LogP contribution in [0, 0.1) is 5.92 Å². The second kappa shape index (κ2) is 8.05. The molecule has 0 radical (unpaired) electrons. The smallest absolute Gasteiger partial charge is 0.307 e. The molecule has 0 aliphatic rings. The van der Waals surface area contributed by atoms with E-state index in [9.17, 15) is 4.79 Å². The fourth-order valence-corrected chi connectivity index (χ4v) is 1.11. The summed E-state index contributed by atoms with van der Waals surface area (Å²) < 4.78 is 5.08. The highest BCUT2D eigenvalue weighted by Gasteiger charge is 2.05. The Kier molecular flexibility index (Phi) is 7.69. The number of ether oxygens (including phenoxy) is 1. The summed E-state index contributed by atoms with van der Waals surface area (Å²) >= 11 is 0. The first-order valence-corrected chi connectivity index (χ1v) is 5.00. The van der Waals surface area contributed by atoms with Crippen LogP contribution < -0.4 is 5.32 Å². The van der Waals surface area contributed by atoms with Gasteiger partial charge in [0.25, 0.3) is 0 Å². The van der Waals surface area contributed by atoms with E-state index in [-0.39, 0.29) is 5.97 Å². The van der Waals surface area contributed by atoms with Gasteiger partial charge < -0.3 is 10.1 Å². The Morgan fingerprint density at radius 2 is 2.23 bits per heavy atom. The van der Waals surface area contributed by atoms with Gasteiger partial charge in [-0.25, -0.2) is 0 Å². The molecule has 0 bridgehead atoms. The van der Waals surface area contributed by atoms with Gasteiger partial charge in [-0.3, -0.25) is 4.79 Å². The van der Waals surface area contributed by atoms with Crippen LogP contribution in [0.3, 0.4) is 0 Å². The molecule has 13 heavy (non-hydrogen) atoms. The Morgan fingerprint density at radius 3 is 2.77 bits per heavy atom. The van der Waals surface area contributed by atoms with Gasteiger partial charge >= 0.3 is 5.97 Å². The SMILES string of the molecule is CCCC(C)COC(=O)CCNC. The minimum atomic E-state index is -0.0997. The van der Waals surface area contributed by atoms with E-state index < -0.39 is 0 Å². The van der Waals surface area contributed by atoms with Crippen molar-refractivity contribution in [3.8, 4) is 0 Å². The van der Waals surface area contributed by atoms with Gasteiger partial charge in [0.1, 0.15) is 0 Å². The Bertz CT molecular complexity index is 137. The summed E-state index contributed by atoms with van der Waals surface area (Å²) in [7, 11) is 1.83. The van der Waals surface area contributed by atoms with Crippen LogP contribution in [0.1, 0.15) is 33.1 Å². The third-order valence-corrected chi connectivity index (χ3v) is 1.89. The molecule has 0 amide bonds. The maximum atomic E-state index is 11.0. The standard InChI is InChI=1S/C10H21NO2/c1-4-5-9(2)8-13-10(12)6-7-11-3/h9,11H,4-8H2,1-3H3. The Balaban J connectivity index is 3.34. The molecule has 0 saturated heterocycles. The summed E-state index contributed by atoms with van der Waals surface area (Å²) in [6, 6.07) is 0. The number of carbonyl (C=O) groups is 1. The van der Waals surface area contributed by atoms with Crippen molar-refractivity contribution in [3.63, 3.8) is 0 Å². The van der Waals surface area contributed by atoms with E-state index in [1.807, 2.05) is 7.05 Å². The highest BCUT2D eigenvalue weighted by Crippen LogP contribution is 2.05. The second-order valence-corrected chi connectivity index (χ2v) is 3.43. The van der Waals surface area contributed by atoms with E-state index in [1.165, 1.54) is 0 Å². The predicted octanol–water partition coefficient (Wildman–Crippen LogP) is 1.58. The summed E-state index contributed by atoms with van der Waals surface area (Å²) in [4.78, 5) is 11.0. The number of nitrogens with one attached hydrogen (secondary N) is 1. The zero-order valence-corrected chi connectivity index (χ0v) is 8.93. The molecule has 0 rings (SSSR count). The predicted molar refractivity (Wildman–Crippen MR) is 53.6 cm³/mol. The van der Waals surface area contributed by atoms with Crippen molar-refractivity contribution in [1.29, 1.82) is 0 Å². The molecule has 3 nitrogen and oxygen atoms in total. The number of hydrogen-bond donors (Lipinski definition) is 1. The average Bonchev–Trinajstić information content (AvgIpc) is 2.12. The first-order chi connectivity index (χ1) is 6.20. The summed E-state index contributed by atoms with van der Waals surface area (Å²) in [6.45, 7) is 5.51. The van der Waals surface area contributed by atoms with Gasteiger partial charge in [-0.15, -0.1) is 0 Å². The van der Waals surface area contributed by atoms with Crippen molar-refractivity contribution in [1.82, 2.24) is 5.32 Å². The summed E-state index contributed by atoms with van der Waals surface area (Å²) in [6.07, 6.45) is 2.74. The van der Waals surface area contributed by atoms with E-state index in [0.717, 1.165) is 12.8 Å². The lowest BCUT2D eigenvalue weighted by atomic mass is 10.1. The molecule has 0 heterocycles. The molecule has 0 saturated carbocycles. The molecule has 0 aliphatic heterocycles. The third kappa shape index (κ3) is 7.78. The molecular weight excluding hydrogens is 166 g/mol. The lowest BCUT2D eigenvalue weighted by molar-refractivity contribution is -0.144. The molecule has 1 unspecified atom stereocenters. The monoisotopic (exact) mass is 187 g/mol. The zero-order valence-electron chi connectivity index (χ0n) is 8.93. The van der Waals surface area contributed by atoms with Crippen LogP contribution in [0.15, 0.2) is 0 Å². The summed E-state index contributed by atoms with van der Waals surface area (Å²) in [5, 5.41) is 2.91. The minimum absolute atomic E-state index is 0.0997. The summed E-state index contributed by atoms with van der Waals surface area (Å²) in [5.41, 5.74) is 0. The molecule has 1 atom stereocenters. The van der Waals surface area contributed by atoms with Crippen molar-refractivity contribution in [3.05, 3.63) is 0 Å². The maximum absolute atomic E-state index is 11.0. The third-order valence-electron chi connectivity index (χ3n) is 1.89. The van der Waals surface area contributed by atoms with Gasteiger partial charge in [0.05, 0.1) is 13.0 Å². The van der Waals surface area contributed by atoms with Crippen LogP contribution in [-0.4, -0.2) is 26.2 Å². The largest absolute Gasteiger partial charge is 0.465 e. The van der Waals surface area contributed by atoms with Gasteiger partial charge in [-0.2, -0.15) is 0 Å². The quantitative estimate of drug-likeness (QED) is 0.615. The molecule has 3 heteroatoms. The first kappa shape index (κ1) is 12.4. The molecule has 78 valence electrons. The van der Waals surface area contributed by atoms with Crippen molar-refractivity contribution in [2.45, 2.75) is 33.1 Å². The van der Waals surface area contributed by atoms with Gasteiger partial charge in [0.2, 0.25) is 0 Å². The minimum Gasteiger partial charge on any atom is -0.465 e. The molecular formula is C10H21NO2. The fraction of sp³-hybridized carbons (Fsp3) is 0.900. The molecule has 0 aliphatic carbocycles. The highest BCUT2D eigenvalue weighted by atomic mass is 16.5. The molecule has 1 N–H and O–H groups in total. The van der Waals surface area contributed by atoms with Crippen molar-refractivity contribution in [2.75, 3.05) is 20.2 Å². The van der Waals surface area contributed by atoms with Gasteiger partial charge in [-0.1, -0.05) is 20.3 Å². The van der Waals surface area contributed by atoms with Crippen LogP contribution in [0.2, 0.25) is 0 Å². The van der Waals surface area contributed by atoms with Crippen molar-refractivity contribution >= 4 is 5.97 Å². The number of carbonyl (C=O) groups excluding carboxylic acids is 1. The highest BCUT2D eigenvalue weighted by molar-refractivity contribution is 5.69. The fourth-order valence-electron chi connectivity index (χ4n) is 1.11. The van der Waals surface area contributed by atoms with Gasteiger partial charge in [0.15, 0.2) is 0 Å². The molecule has 0 fully saturated rings. The molecule has 0 spiro atoms. The van der Waals surface area contributed by atoms with Gasteiger partial charge in [0, 0.05) is 6.54 Å². The first-order valence-electron chi connectivity index (χ1n) is 5.00. The maximum Gasteiger partial charge on any atom is 0.307 e. The average molecular weight is 187 g/mol. The Hall–Kier alpha value is -0.570. The van der Waals surface area contributed by atoms with Crippen LogP contribution in [0.4, 0.5) is 0 Å².